The summed E-state index contributed by atoms with van der Waals surface area (Å²) in [6.45, 7) is 7.39. The second-order valence-corrected chi connectivity index (χ2v) is 7.45. The predicted octanol–water partition coefficient (Wildman–Crippen LogP) is 3.31. The number of anilines is 1. The Kier molecular flexibility index (Phi) is 5.07. The molecule has 9 heteroatoms. The van der Waals surface area contributed by atoms with Gasteiger partial charge in [0.15, 0.2) is 5.13 Å². The van der Waals surface area contributed by atoms with Gasteiger partial charge in [0.05, 0.1) is 6.42 Å². The number of rotatable bonds is 2. The molecule has 1 amide bonds. The third-order valence-corrected chi connectivity index (χ3v) is 4.18. The van der Waals surface area contributed by atoms with Gasteiger partial charge in [-0.2, -0.15) is 13.2 Å². The van der Waals surface area contributed by atoms with Crippen molar-refractivity contribution in [1.29, 1.82) is 0 Å². The molecule has 2 heterocycles. The molecule has 2 rings (SSSR count). The van der Waals surface area contributed by atoms with Gasteiger partial charge in [0.2, 0.25) is 0 Å². The van der Waals surface area contributed by atoms with Crippen LogP contribution in [0.25, 0.3) is 0 Å². The average molecular weight is 351 g/mol. The third-order valence-electron chi connectivity index (χ3n) is 3.12. The first-order valence-electron chi connectivity index (χ1n) is 7.28. The van der Waals surface area contributed by atoms with E-state index in [-0.39, 0.29) is 11.0 Å². The van der Waals surface area contributed by atoms with Crippen molar-refractivity contribution in [2.75, 3.05) is 31.1 Å². The Hall–Kier alpha value is -1.51. The van der Waals surface area contributed by atoms with Crippen LogP contribution >= 0.6 is 11.3 Å². The molecule has 0 bridgehead atoms. The molecule has 1 aliphatic heterocycles. The van der Waals surface area contributed by atoms with Crippen LogP contribution in [0.3, 0.4) is 0 Å². The number of ether oxygens (including phenoxy) is 1. The Balaban J connectivity index is 1.88. The fourth-order valence-electron chi connectivity index (χ4n) is 2.13. The van der Waals surface area contributed by atoms with E-state index in [0.717, 1.165) is 11.3 Å². The first-order valence-corrected chi connectivity index (χ1v) is 8.09. The second kappa shape index (κ2) is 6.54. The molecule has 0 spiro atoms. The Morgan fingerprint density at radius 2 is 1.87 bits per heavy atom. The van der Waals surface area contributed by atoms with Crippen LogP contribution in [-0.2, 0) is 11.2 Å². The van der Waals surface area contributed by atoms with Crippen LogP contribution in [0.4, 0.5) is 23.1 Å². The molecule has 1 aromatic rings. The number of carbonyl (C=O) groups is 1. The average Bonchev–Trinajstić information content (AvgIpc) is 2.83. The zero-order valence-electron chi connectivity index (χ0n) is 13.3. The van der Waals surface area contributed by atoms with Crippen molar-refractivity contribution < 1.29 is 22.7 Å². The van der Waals surface area contributed by atoms with Crippen molar-refractivity contribution in [3.63, 3.8) is 0 Å². The summed E-state index contributed by atoms with van der Waals surface area (Å²) in [4.78, 5) is 19.7. The molecule has 5 nitrogen and oxygen atoms in total. The van der Waals surface area contributed by atoms with Crippen molar-refractivity contribution in [1.82, 2.24) is 9.88 Å². The largest absolute Gasteiger partial charge is 0.444 e. The van der Waals surface area contributed by atoms with Crippen molar-refractivity contribution in [2.45, 2.75) is 39.0 Å². The molecule has 0 unspecified atom stereocenters. The predicted molar refractivity (Wildman–Crippen MR) is 81.9 cm³/mol. The van der Waals surface area contributed by atoms with Gasteiger partial charge in [0.25, 0.3) is 0 Å². The van der Waals surface area contributed by atoms with Gasteiger partial charge in [0, 0.05) is 37.3 Å². The van der Waals surface area contributed by atoms with E-state index < -0.39 is 18.2 Å². The maximum atomic E-state index is 12.4. The standard InChI is InChI=1S/C14H20F3N3O2S/c1-13(2,3)22-12(21)20-6-4-19(5-7-20)11-18-9-10(23-11)8-14(15,16)17/h9H,4-8H2,1-3H3. The first kappa shape index (κ1) is 17.8. The summed E-state index contributed by atoms with van der Waals surface area (Å²) in [6, 6.07) is 0. The smallest absolute Gasteiger partial charge is 0.410 e. The molecule has 1 saturated heterocycles. The highest BCUT2D eigenvalue weighted by Crippen LogP contribution is 2.29. The van der Waals surface area contributed by atoms with E-state index in [2.05, 4.69) is 4.98 Å². The fraction of sp³-hybridized carbons (Fsp3) is 0.714. The summed E-state index contributed by atoms with van der Waals surface area (Å²) >= 11 is 1.05. The summed E-state index contributed by atoms with van der Waals surface area (Å²) in [5.41, 5.74) is -0.546. The van der Waals surface area contributed by atoms with Gasteiger partial charge in [-0.25, -0.2) is 9.78 Å². The minimum absolute atomic E-state index is 0.196. The molecule has 0 radical (unpaired) electrons. The van der Waals surface area contributed by atoms with Crippen LogP contribution in [-0.4, -0.2) is 53.9 Å². The second-order valence-electron chi connectivity index (χ2n) is 6.36. The van der Waals surface area contributed by atoms with E-state index in [1.165, 1.54) is 6.20 Å². The van der Waals surface area contributed by atoms with Crippen LogP contribution in [0.5, 0.6) is 0 Å². The van der Waals surface area contributed by atoms with Crippen molar-refractivity contribution in [3.8, 4) is 0 Å². The number of thiazole rings is 1. The van der Waals surface area contributed by atoms with E-state index >= 15 is 0 Å². The highest BCUT2D eigenvalue weighted by molar-refractivity contribution is 7.15. The third kappa shape index (κ3) is 5.56. The molecule has 0 aliphatic carbocycles. The quantitative estimate of drug-likeness (QED) is 0.820. The SMILES string of the molecule is CC(C)(C)OC(=O)N1CCN(c2ncc(CC(F)(F)F)s2)CC1. The van der Waals surface area contributed by atoms with E-state index in [1.54, 1.807) is 25.7 Å². The first-order chi connectivity index (χ1) is 10.5. The Labute approximate surface area is 137 Å². The van der Waals surface area contributed by atoms with Gasteiger partial charge in [-0.15, -0.1) is 11.3 Å². The number of nitrogens with zero attached hydrogens (tertiary/aromatic N) is 3. The Bertz CT molecular complexity index is 546. The lowest BCUT2D eigenvalue weighted by atomic mass is 10.2. The maximum absolute atomic E-state index is 12.4. The van der Waals surface area contributed by atoms with E-state index in [0.29, 0.717) is 31.3 Å². The van der Waals surface area contributed by atoms with Crippen LogP contribution in [0.1, 0.15) is 25.6 Å². The fourth-order valence-corrected chi connectivity index (χ4v) is 3.12. The van der Waals surface area contributed by atoms with Gasteiger partial charge >= 0.3 is 12.3 Å². The summed E-state index contributed by atoms with van der Waals surface area (Å²) in [6.07, 6.45) is -4.27. The number of amides is 1. The number of piperazine rings is 1. The van der Waals surface area contributed by atoms with Crippen LogP contribution in [0, 0.1) is 0 Å². The lowest BCUT2D eigenvalue weighted by Crippen LogP contribution is -2.50. The molecule has 0 saturated carbocycles. The highest BCUT2D eigenvalue weighted by atomic mass is 32.1. The zero-order chi connectivity index (χ0) is 17.3. The van der Waals surface area contributed by atoms with Crippen molar-refractivity contribution >= 4 is 22.6 Å². The molecule has 23 heavy (non-hydrogen) atoms. The lowest BCUT2D eigenvalue weighted by Gasteiger charge is -2.35. The van der Waals surface area contributed by atoms with Crippen LogP contribution < -0.4 is 4.90 Å². The van der Waals surface area contributed by atoms with Gasteiger partial charge in [-0.05, 0) is 20.8 Å². The van der Waals surface area contributed by atoms with Crippen LogP contribution in [0.2, 0.25) is 0 Å². The summed E-state index contributed by atoms with van der Waals surface area (Å²) in [5, 5.41) is 0.563. The molecule has 0 N–H and O–H groups in total. The molecule has 0 aromatic carbocycles. The Morgan fingerprint density at radius 1 is 1.26 bits per heavy atom. The van der Waals surface area contributed by atoms with E-state index in [9.17, 15) is 18.0 Å². The van der Waals surface area contributed by atoms with Gasteiger partial charge in [-0.1, -0.05) is 0 Å². The van der Waals surface area contributed by atoms with Crippen molar-refractivity contribution in [2.24, 2.45) is 0 Å². The normalized spacial score (nSPS) is 16.6. The molecule has 1 aliphatic rings. The topological polar surface area (TPSA) is 45.7 Å². The molecule has 0 atom stereocenters. The molecular weight excluding hydrogens is 331 g/mol. The summed E-state index contributed by atoms with van der Waals surface area (Å²) in [7, 11) is 0. The number of hydrogen-bond donors (Lipinski definition) is 0. The number of halogens is 3. The molecule has 1 fully saturated rings. The van der Waals surface area contributed by atoms with E-state index in [1.807, 2.05) is 4.90 Å². The van der Waals surface area contributed by atoms with E-state index in [4.69, 9.17) is 4.74 Å². The number of alkyl halides is 3. The van der Waals surface area contributed by atoms with Gasteiger partial charge in [-0.3, -0.25) is 0 Å². The Morgan fingerprint density at radius 3 is 2.39 bits per heavy atom. The van der Waals surface area contributed by atoms with Crippen LogP contribution in [0.15, 0.2) is 6.20 Å². The molecule has 1 aromatic heterocycles. The van der Waals surface area contributed by atoms with Gasteiger partial charge < -0.3 is 14.5 Å². The summed E-state index contributed by atoms with van der Waals surface area (Å²) < 4.78 is 42.4. The number of aromatic nitrogens is 1. The maximum Gasteiger partial charge on any atom is 0.410 e. The number of carbonyl (C=O) groups excluding carboxylic acids is 1. The monoisotopic (exact) mass is 351 g/mol. The minimum atomic E-state index is -4.22. The number of hydrogen-bond acceptors (Lipinski definition) is 5. The highest BCUT2D eigenvalue weighted by Gasteiger charge is 2.30. The van der Waals surface area contributed by atoms with Gasteiger partial charge in [0.1, 0.15) is 5.60 Å². The van der Waals surface area contributed by atoms with Crippen molar-refractivity contribution in [3.05, 3.63) is 11.1 Å². The lowest BCUT2D eigenvalue weighted by molar-refractivity contribution is -0.126. The minimum Gasteiger partial charge on any atom is -0.444 e. The molecule has 130 valence electrons. The molecular formula is C14H20F3N3O2S. The zero-order valence-corrected chi connectivity index (χ0v) is 14.1. The summed E-state index contributed by atoms with van der Waals surface area (Å²) in [5.74, 6) is 0.